The van der Waals surface area contributed by atoms with Gasteiger partial charge in [0.05, 0.1) is 18.1 Å². The molecule has 1 aromatic carbocycles. The minimum absolute atomic E-state index is 0.136. The zero-order chi connectivity index (χ0) is 15.8. The largest absolute Gasteiger partial charge is 0.379 e. The summed E-state index contributed by atoms with van der Waals surface area (Å²) in [5, 5.41) is 0. The molecule has 2 saturated heterocycles. The van der Waals surface area contributed by atoms with E-state index in [-0.39, 0.29) is 10.3 Å². The first-order chi connectivity index (χ1) is 10.4. The molecule has 2 fully saturated rings. The average molecular weight is 328 g/mol. The van der Waals surface area contributed by atoms with E-state index in [1.54, 1.807) is 0 Å². The number of likely N-dealkylation sites (tertiary alicyclic amines) is 1. The summed E-state index contributed by atoms with van der Waals surface area (Å²) in [7, 11) is -1.57. The van der Waals surface area contributed by atoms with Crippen molar-refractivity contribution in [2.45, 2.75) is 11.3 Å². The molecule has 0 aromatic heterocycles. The molecule has 1 atom stereocenters. The number of hydrogen-bond acceptors (Lipinski definition) is 4. The lowest BCUT2D eigenvalue weighted by Gasteiger charge is -2.31. The molecule has 0 aliphatic carbocycles. The predicted octanol–water partition coefficient (Wildman–Crippen LogP) is 1.17. The molecule has 5 nitrogen and oxygen atoms in total. The molecule has 1 aromatic rings. The van der Waals surface area contributed by atoms with Crippen molar-refractivity contribution in [1.29, 1.82) is 0 Å². The molecule has 7 heteroatoms. The van der Waals surface area contributed by atoms with Gasteiger partial charge in [-0.25, -0.2) is 12.8 Å². The highest BCUT2D eigenvalue weighted by molar-refractivity contribution is 7.89. The maximum atomic E-state index is 13.0. The topological polar surface area (TPSA) is 49.9 Å². The second kappa shape index (κ2) is 5.88. The van der Waals surface area contributed by atoms with E-state index in [9.17, 15) is 12.8 Å². The van der Waals surface area contributed by atoms with Crippen molar-refractivity contribution in [2.75, 3.05) is 46.4 Å². The Kier molecular flexibility index (Phi) is 4.24. The van der Waals surface area contributed by atoms with Gasteiger partial charge in [0.1, 0.15) is 5.82 Å². The van der Waals surface area contributed by atoms with Gasteiger partial charge in [-0.15, -0.1) is 0 Å². The lowest BCUT2D eigenvalue weighted by molar-refractivity contribution is 0.0744. The van der Waals surface area contributed by atoms with Crippen LogP contribution in [0.5, 0.6) is 0 Å². The van der Waals surface area contributed by atoms with Crippen LogP contribution in [0.1, 0.15) is 6.42 Å². The molecule has 122 valence electrons. The van der Waals surface area contributed by atoms with Crippen LogP contribution in [0.4, 0.5) is 4.39 Å². The number of nitrogens with zero attached hydrogens (tertiary/aromatic N) is 2. The Morgan fingerprint density at radius 2 is 1.91 bits per heavy atom. The Labute approximate surface area is 130 Å². The van der Waals surface area contributed by atoms with Gasteiger partial charge in [-0.3, -0.25) is 0 Å². The third-order valence-electron chi connectivity index (χ3n) is 4.49. The molecule has 22 heavy (non-hydrogen) atoms. The van der Waals surface area contributed by atoms with E-state index in [0.29, 0.717) is 26.3 Å². The minimum Gasteiger partial charge on any atom is -0.379 e. The number of benzene rings is 1. The molecular formula is C15H21FN2O3S. The van der Waals surface area contributed by atoms with Crippen LogP contribution < -0.4 is 0 Å². The summed E-state index contributed by atoms with van der Waals surface area (Å²) in [4.78, 5) is 2.34. The average Bonchev–Trinajstić information content (AvgIpc) is 2.70. The lowest BCUT2D eigenvalue weighted by Crippen LogP contribution is -2.43. The van der Waals surface area contributed by atoms with Gasteiger partial charge in [-0.1, -0.05) is 0 Å². The molecule has 2 aliphatic heterocycles. The Balaban J connectivity index is 1.87. The second-order valence-electron chi connectivity index (χ2n) is 6.33. The van der Waals surface area contributed by atoms with Crippen LogP contribution >= 0.6 is 0 Å². The molecular weight excluding hydrogens is 307 g/mol. The van der Waals surface area contributed by atoms with Crippen LogP contribution in [0.3, 0.4) is 0 Å². The smallest absolute Gasteiger partial charge is 0.243 e. The van der Waals surface area contributed by atoms with Crippen molar-refractivity contribution >= 4 is 10.0 Å². The maximum absolute atomic E-state index is 13.0. The monoisotopic (exact) mass is 328 g/mol. The lowest BCUT2D eigenvalue weighted by atomic mass is 9.88. The molecule has 2 aliphatic rings. The fourth-order valence-corrected chi connectivity index (χ4v) is 4.86. The number of halogens is 1. The maximum Gasteiger partial charge on any atom is 0.243 e. The van der Waals surface area contributed by atoms with Crippen LogP contribution in [0.2, 0.25) is 0 Å². The molecule has 0 amide bonds. The molecule has 1 spiro atoms. The Bertz CT molecular complexity index is 635. The molecule has 0 bridgehead atoms. The first-order valence-electron chi connectivity index (χ1n) is 7.43. The van der Waals surface area contributed by atoms with E-state index in [1.807, 2.05) is 7.05 Å². The first-order valence-corrected chi connectivity index (χ1v) is 8.87. The normalized spacial score (nSPS) is 28.1. The van der Waals surface area contributed by atoms with Crippen molar-refractivity contribution in [3.05, 3.63) is 30.1 Å². The van der Waals surface area contributed by atoms with Crippen LogP contribution in [0, 0.1) is 11.2 Å². The highest BCUT2D eigenvalue weighted by atomic mass is 32.2. The number of hydrogen-bond donors (Lipinski definition) is 0. The van der Waals surface area contributed by atoms with Crippen LogP contribution in [0.25, 0.3) is 0 Å². The summed E-state index contributed by atoms with van der Waals surface area (Å²) in [6, 6.07) is 5.01. The van der Waals surface area contributed by atoms with Gasteiger partial charge in [0, 0.05) is 25.0 Å². The Morgan fingerprint density at radius 3 is 2.55 bits per heavy atom. The molecule has 0 radical (unpaired) electrons. The van der Waals surface area contributed by atoms with Crippen molar-refractivity contribution in [3.8, 4) is 0 Å². The third-order valence-corrected chi connectivity index (χ3v) is 6.35. The first kappa shape index (κ1) is 15.9. The number of rotatable bonds is 2. The zero-order valence-corrected chi connectivity index (χ0v) is 13.5. The summed E-state index contributed by atoms with van der Waals surface area (Å²) in [5.41, 5.74) is -0.141. The highest BCUT2D eigenvalue weighted by Crippen LogP contribution is 2.34. The van der Waals surface area contributed by atoms with E-state index in [2.05, 4.69) is 4.90 Å². The standard InChI is InChI=1S/C15H21FN2O3S/c1-17-7-6-15(10-17)11-18(8-9-21-12-15)22(19,20)14-4-2-13(16)3-5-14/h2-5H,6-12H2,1H3/t15-/m1/s1. The van der Waals surface area contributed by atoms with Crippen molar-refractivity contribution in [1.82, 2.24) is 9.21 Å². The SMILES string of the molecule is CN1CC[C@@]2(COCCN(S(=O)(=O)c3ccc(F)cc3)C2)C1. The molecule has 0 saturated carbocycles. The van der Waals surface area contributed by atoms with E-state index >= 15 is 0 Å². The van der Waals surface area contributed by atoms with Gasteiger partial charge < -0.3 is 9.64 Å². The summed E-state index contributed by atoms with van der Waals surface area (Å²) in [6.07, 6.45) is 0.930. The van der Waals surface area contributed by atoms with Gasteiger partial charge >= 0.3 is 0 Å². The van der Waals surface area contributed by atoms with Crippen LogP contribution in [0.15, 0.2) is 29.2 Å². The fraction of sp³-hybridized carbons (Fsp3) is 0.600. The van der Waals surface area contributed by atoms with Gasteiger partial charge in [-0.2, -0.15) is 4.31 Å². The summed E-state index contributed by atoms with van der Waals surface area (Å²) < 4.78 is 45.8. The summed E-state index contributed by atoms with van der Waals surface area (Å²) in [5.74, 6) is -0.438. The van der Waals surface area contributed by atoms with Gasteiger partial charge in [0.25, 0.3) is 0 Å². The van der Waals surface area contributed by atoms with Crippen molar-refractivity contribution in [3.63, 3.8) is 0 Å². The fourth-order valence-electron chi connectivity index (χ4n) is 3.32. The minimum atomic E-state index is -3.61. The highest BCUT2D eigenvalue weighted by Gasteiger charge is 2.42. The van der Waals surface area contributed by atoms with Crippen molar-refractivity contribution < 1.29 is 17.5 Å². The molecule has 2 heterocycles. The predicted molar refractivity (Wildman–Crippen MR) is 80.5 cm³/mol. The quantitative estimate of drug-likeness (QED) is 0.818. The van der Waals surface area contributed by atoms with Crippen molar-refractivity contribution in [2.24, 2.45) is 5.41 Å². The van der Waals surface area contributed by atoms with E-state index in [4.69, 9.17) is 4.74 Å². The second-order valence-corrected chi connectivity index (χ2v) is 8.27. The third kappa shape index (κ3) is 3.03. The van der Waals surface area contributed by atoms with Gasteiger partial charge in [-0.05, 0) is 44.3 Å². The Hall–Kier alpha value is -1.02. The van der Waals surface area contributed by atoms with E-state index in [0.717, 1.165) is 19.5 Å². The number of sulfonamides is 1. The molecule has 3 rings (SSSR count). The van der Waals surface area contributed by atoms with E-state index < -0.39 is 15.8 Å². The summed E-state index contributed by atoms with van der Waals surface area (Å²) >= 11 is 0. The summed E-state index contributed by atoms with van der Waals surface area (Å²) in [6.45, 7) is 3.57. The molecule has 0 N–H and O–H groups in total. The number of ether oxygens (including phenoxy) is 1. The van der Waals surface area contributed by atoms with Crippen LogP contribution in [-0.2, 0) is 14.8 Å². The van der Waals surface area contributed by atoms with Gasteiger partial charge in [0.2, 0.25) is 10.0 Å². The van der Waals surface area contributed by atoms with Gasteiger partial charge in [0.15, 0.2) is 0 Å². The molecule has 0 unspecified atom stereocenters. The Morgan fingerprint density at radius 1 is 1.18 bits per heavy atom. The van der Waals surface area contributed by atoms with E-state index in [1.165, 1.54) is 28.6 Å². The zero-order valence-electron chi connectivity index (χ0n) is 12.7. The van der Waals surface area contributed by atoms with Crippen LogP contribution in [-0.4, -0.2) is 64.1 Å².